The summed E-state index contributed by atoms with van der Waals surface area (Å²) in [4.78, 5) is 0. The Morgan fingerprint density at radius 3 is 1.69 bits per heavy atom. The van der Waals surface area contributed by atoms with E-state index < -0.39 is 0 Å². The monoisotopic (exact) mass is 220 g/mol. The van der Waals surface area contributed by atoms with E-state index in [-0.39, 0.29) is 0 Å². The highest BCUT2D eigenvalue weighted by atomic mass is 14.2. The standard InChI is InChI=1S/C8H15B.C6H15B/c1-3-7-5-2-6-8(4-1)9-7;1-4-5-6(2,3)7/h7-9H,1-6H2;4-5,7H2,1-3H3. The van der Waals surface area contributed by atoms with Crippen molar-refractivity contribution >= 4 is 15.1 Å². The molecule has 2 heteroatoms. The van der Waals surface area contributed by atoms with Crippen molar-refractivity contribution in [2.24, 2.45) is 0 Å². The fourth-order valence-electron chi connectivity index (χ4n) is 3.37. The fourth-order valence-corrected chi connectivity index (χ4v) is 3.37. The number of fused-ring (bicyclic) bond motifs is 2. The third-order valence-electron chi connectivity index (χ3n) is 4.12. The van der Waals surface area contributed by atoms with Gasteiger partial charge in [-0.3, -0.25) is 0 Å². The average molecular weight is 220 g/mol. The van der Waals surface area contributed by atoms with Crippen LogP contribution in [0.15, 0.2) is 0 Å². The highest BCUT2D eigenvalue weighted by Crippen LogP contribution is 2.40. The summed E-state index contributed by atoms with van der Waals surface area (Å²) in [6.07, 6.45) is 11.9. The number of rotatable bonds is 2. The average Bonchev–Trinajstić information content (AvgIpc) is 2.17. The van der Waals surface area contributed by atoms with Gasteiger partial charge in [0.05, 0.1) is 0 Å². The van der Waals surface area contributed by atoms with Crippen molar-refractivity contribution in [2.45, 2.75) is 89.1 Å². The molecule has 0 radical (unpaired) electrons. The second-order valence-electron chi connectivity index (χ2n) is 7.14. The lowest BCUT2D eigenvalue weighted by Gasteiger charge is -2.32. The molecule has 0 aromatic carbocycles. The molecule has 2 aliphatic rings. The van der Waals surface area contributed by atoms with Crippen molar-refractivity contribution in [1.82, 2.24) is 0 Å². The van der Waals surface area contributed by atoms with Gasteiger partial charge in [-0.05, 0) is 0 Å². The highest BCUT2D eigenvalue weighted by Gasteiger charge is 2.26. The van der Waals surface area contributed by atoms with Gasteiger partial charge in [-0.2, -0.15) is 0 Å². The lowest BCUT2D eigenvalue weighted by atomic mass is 9.44. The van der Waals surface area contributed by atoms with Crippen molar-refractivity contribution in [2.75, 3.05) is 0 Å². The van der Waals surface area contributed by atoms with Gasteiger partial charge < -0.3 is 0 Å². The smallest absolute Gasteiger partial charge is 0.0672 e. The van der Waals surface area contributed by atoms with E-state index in [1.165, 1.54) is 25.7 Å². The van der Waals surface area contributed by atoms with Crippen LogP contribution in [0.2, 0.25) is 16.9 Å². The molecule has 0 aromatic heterocycles. The molecule has 92 valence electrons. The third kappa shape index (κ3) is 6.01. The van der Waals surface area contributed by atoms with Crippen molar-refractivity contribution in [3.63, 3.8) is 0 Å². The summed E-state index contributed by atoms with van der Waals surface area (Å²) >= 11 is 0. The zero-order valence-electron chi connectivity index (χ0n) is 12.0. The molecular formula is C14H30B2. The van der Waals surface area contributed by atoms with Crippen LogP contribution in [-0.2, 0) is 0 Å². The summed E-state index contributed by atoms with van der Waals surface area (Å²) in [5.74, 6) is 2.30. The largest absolute Gasteiger partial charge is 0.127 e. The molecule has 2 heterocycles. The summed E-state index contributed by atoms with van der Waals surface area (Å²) < 4.78 is 0. The van der Waals surface area contributed by atoms with Crippen molar-refractivity contribution in [1.29, 1.82) is 0 Å². The second kappa shape index (κ2) is 6.77. The van der Waals surface area contributed by atoms with E-state index in [0.29, 0.717) is 5.31 Å². The van der Waals surface area contributed by atoms with Gasteiger partial charge in [-0.15, -0.1) is 0 Å². The molecule has 2 saturated heterocycles. The predicted octanol–water partition coefficient (Wildman–Crippen LogP) is 3.99. The first-order valence-corrected chi connectivity index (χ1v) is 7.51. The molecule has 0 saturated carbocycles. The first-order valence-electron chi connectivity index (χ1n) is 7.51. The maximum Gasteiger partial charge on any atom is 0.127 e. The van der Waals surface area contributed by atoms with Crippen LogP contribution >= 0.6 is 0 Å². The molecule has 0 aromatic rings. The van der Waals surface area contributed by atoms with Gasteiger partial charge in [0, 0.05) is 0 Å². The maximum absolute atomic E-state index is 2.27. The van der Waals surface area contributed by atoms with Crippen LogP contribution in [0.3, 0.4) is 0 Å². The molecule has 16 heavy (non-hydrogen) atoms. The van der Waals surface area contributed by atoms with E-state index >= 15 is 0 Å². The molecule has 0 aliphatic carbocycles. The quantitative estimate of drug-likeness (QED) is 0.617. The Balaban J connectivity index is 0.000000168. The number of hydrogen-bond donors (Lipinski definition) is 0. The van der Waals surface area contributed by atoms with Gasteiger partial charge in [0.1, 0.15) is 15.1 Å². The fraction of sp³-hybridized carbons (Fsp3) is 1.00. The van der Waals surface area contributed by atoms with Gasteiger partial charge in [0.15, 0.2) is 0 Å². The van der Waals surface area contributed by atoms with E-state index in [2.05, 4.69) is 28.6 Å². The third-order valence-corrected chi connectivity index (χ3v) is 4.12. The SMILES string of the molecule is B1C2CCCC1CCC2.BC(C)(C)CCC. The minimum atomic E-state index is 0.550. The zero-order chi connectivity index (χ0) is 12.0. The van der Waals surface area contributed by atoms with Crippen molar-refractivity contribution < 1.29 is 0 Å². The second-order valence-corrected chi connectivity index (χ2v) is 7.14. The van der Waals surface area contributed by atoms with Crippen LogP contribution in [0.4, 0.5) is 0 Å². The van der Waals surface area contributed by atoms with Gasteiger partial charge in [0.2, 0.25) is 0 Å². The predicted molar refractivity (Wildman–Crippen MR) is 79.8 cm³/mol. The lowest BCUT2D eigenvalue weighted by molar-refractivity contribution is 0.455. The van der Waals surface area contributed by atoms with E-state index in [1.54, 1.807) is 33.0 Å². The summed E-state index contributed by atoms with van der Waals surface area (Å²) in [6.45, 7) is 6.78. The van der Waals surface area contributed by atoms with Crippen molar-refractivity contribution in [3.8, 4) is 0 Å². The molecule has 2 fully saturated rings. The summed E-state index contributed by atoms with van der Waals surface area (Å²) in [7, 11) is 3.86. The summed E-state index contributed by atoms with van der Waals surface area (Å²) in [5.41, 5.74) is 0. The Bertz CT molecular complexity index is 164. The summed E-state index contributed by atoms with van der Waals surface area (Å²) in [6, 6.07) is 0. The Kier molecular flexibility index (Phi) is 6.00. The van der Waals surface area contributed by atoms with E-state index in [0.717, 1.165) is 11.6 Å². The molecule has 0 amide bonds. The molecular weight excluding hydrogens is 190 g/mol. The Morgan fingerprint density at radius 2 is 1.50 bits per heavy atom. The Labute approximate surface area is 105 Å². The molecule has 0 unspecified atom stereocenters. The van der Waals surface area contributed by atoms with Gasteiger partial charge in [-0.25, -0.2) is 0 Å². The highest BCUT2D eigenvalue weighted by molar-refractivity contribution is 6.40. The lowest BCUT2D eigenvalue weighted by Crippen LogP contribution is -2.21. The summed E-state index contributed by atoms with van der Waals surface area (Å²) in [5, 5.41) is 0.550. The van der Waals surface area contributed by atoms with Crippen molar-refractivity contribution in [3.05, 3.63) is 0 Å². The van der Waals surface area contributed by atoms with E-state index in [4.69, 9.17) is 0 Å². The molecule has 0 N–H and O–H groups in total. The van der Waals surface area contributed by atoms with Crippen LogP contribution in [-0.4, -0.2) is 15.1 Å². The molecule has 0 atom stereocenters. The van der Waals surface area contributed by atoms with Gasteiger partial charge in [-0.1, -0.05) is 89.1 Å². The van der Waals surface area contributed by atoms with Crippen LogP contribution in [0.5, 0.6) is 0 Å². The Morgan fingerprint density at radius 1 is 1.06 bits per heavy atom. The normalized spacial score (nSPS) is 28.7. The number of hydrogen-bond acceptors (Lipinski definition) is 0. The molecule has 0 spiro atoms. The molecule has 2 aliphatic heterocycles. The Hall–Kier alpha value is 0.130. The molecule has 0 nitrogen and oxygen atoms in total. The topological polar surface area (TPSA) is 0 Å². The van der Waals surface area contributed by atoms with Crippen LogP contribution in [0.1, 0.15) is 72.1 Å². The minimum absolute atomic E-state index is 0.550. The van der Waals surface area contributed by atoms with Crippen LogP contribution < -0.4 is 0 Å². The first-order chi connectivity index (χ1) is 7.51. The molecule has 2 bridgehead atoms. The van der Waals surface area contributed by atoms with Crippen LogP contribution in [0.25, 0.3) is 0 Å². The maximum atomic E-state index is 2.27. The minimum Gasteiger partial charge on any atom is -0.0672 e. The van der Waals surface area contributed by atoms with Gasteiger partial charge >= 0.3 is 0 Å². The van der Waals surface area contributed by atoms with E-state index in [1.807, 2.05) is 0 Å². The zero-order valence-corrected chi connectivity index (χ0v) is 12.0. The first kappa shape index (κ1) is 14.2. The molecule has 2 rings (SSSR count). The van der Waals surface area contributed by atoms with Crippen LogP contribution in [0, 0.1) is 0 Å². The van der Waals surface area contributed by atoms with E-state index in [9.17, 15) is 0 Å². The van der Waals surface area contributed by atoms with Gasteiger partial charge in [0.25, 0.3) is 0 Å².